The number of ketones is 1. The quantitative estimate of drug-likeness (QED) is 0.713. The molecule has 128 valence electrons. The minimum atomic E-state index is -0.491. The Labute approximate surface area is 140 Å². The van der Waals surface area contributed by atoms with Crippen LogP contribution in [0.3, 0.4) is 0 Å². The average molecular weight is 316 g/mol. The van der Waals surface area contributed by atoms with Crippen molar-refractivity contribution in [1.82, 2.24) is 0 Å². The highest BCUT2D eigenvalue weighted by Gasteiger charge is 2.62. The summed E-state index contributed by atoms with van der Waals surface area (Å²) in [4.78, 5) is 12.2. The molecule has 0 aromatic rings. The van der Waals surface area contributed by atoms with E-state index < -0.39 is 5.60 Å². The van der Waals surface area contributed by atoms with Crippen molar-refractivity contribution in [3.63, 3.8) is 0 Å². The zero-order chi connectivity index (χ0) is 16.6. The number of hydrogen-bond donors (Lipinski definition) is 1. The van der Waals surface area contributed by atoms with Gasteiger partial charge in [0.15, 0.2) is 5.78 Å². The van der Waals surface area contributed by atoms with E-state index in [1.54, 1.807) is 0 Å². The lowest BCUT2D eigenvalue weighted by Gasteiger charge is -2.59. The SMILES string of the molecule is C[C@@H]1C[C@@]2(C)C(=CC1=O)CC[C@H]1[C@H]3CC[C@](C)(O)[C@]3(C)CC[C@@H]12. The van der Waals surface area contributed by atoms with Gasteiger partial charge in [-0.25, -0.2) is 0 Å². The fraction of sp³-hybridized carbons (Fsp3) is 0.857. The van der Waals surface area contributed by atoms with Gasteiger partial charge in [0.2, 0.25) is 0 Å². The van der Waals surface area contributed by atoms with E-state index in [0.29, 0.717) is 17.6 Å². The normalized spacial score (nSPS) is 55.7. The lowest BCUT2D eigenvalue weighted by atomic mass is 9.46. The summed E-state index contributed by atoms with van der Waals surface area (Å²) < 4.78 is 0. The molecule has 2 heteroatoms. The molecular formula is C21H32O2. The van der Waals surface area contributed by atoms with E-state index in [9.17, 15) is 9.90 Å². The predicted molar refractivity (Wildman–Crippen MR) is 91.9 cm³/mol. The van der Waals surface area contributed by atoms with E-state index in [0.717, 1.165) is 31.6 Å². The molecule has 0 bridgehead atoms. The summed E-state index contributed by atoms with van der Waals surface area (Å²) >= 11 is 0. The minimum absolute atomic E-state index is 0.0991. The van der Waals surface area contributed by atoms with Crippen LogP contribution in [0, 0.1) is 34.5 Å². The Kier molecular flexibility index (Phi) is 3.25. The van der Waals surface area contributed by atoms with Gasteiger partial charge < -0.3 is 5.11 Å². The first-order valence-corrected chi connectivity index (χ1v) is 9.66. The summed E-state index contributed by atoms with van der Waals surface area (Å²) in [6, 6.07) is 0. The van der Waals surface area contributed by atoms with Crippen LogP contribution in [-0.2, 0) is 4.79 Å². The van der Waals surface area contributed by atoms with E-state index in [4.69, 9.17) is 0 Å². The number of aliphatic hydroxyl groups is 1. The van der Waals surface area contributed by atoms with Crippen LogP contribution in [0.5, 0.6) is 0 Å². The van der Waals surface area contributed by atoms with Gasteiger partial charge in [-0.1, -0.05) is 26.3 Å². The van der Waals surface area contributed by atoms with Crippen LogP contribution in [0.4, 0.5) is 0 Å². The molecule has 7 atom stereocenters. The zero-order valence-corrected chi connectivity index (χ0v) is 15.2. The van der Waals surface area contributed by atoms with Gasteiger partial charge in [-0.3, -0.25) is 4.79 Å². The van der Waals surface area contributed by atoms with Gasteiger partial charge in [0.05, 0.1) is 5.60 Å². The number of fused-ring (bicyclic) bond motifs is 5. The summed E-state index contributed by atoms with van der Waals surface area (Å²) in [5, 5.41) is 11.0. The Morgan fingerprint density at radius 2 is 1.78 bits per heavy atom. The first kappa shape index (κ1) is 15.9. The minimum Gasteiger partial charge on any atom is -0.390 e. The molecule has 0 aromatic carbocycles. The molecule has 23 heavy (non-hydrogen) atoms. The van der Waals surface area contributed by atoms with Crippen molar-refractivity contribution in [2.24, 2.45) is 34.5 Å². The van der Waals surface area contributed by atoms with Gasteiger partial charge >= 0.3 is 0 Å². The molecule has 0 amide bonds. The van der Waals surface area contributed by atoms with Crippen LogP contribution in [-0.4, -0.2) is 16.5 Å². The first-order valence-electron chi connectivity index (χ1n) is 9.66. The van der Waals surface area contributed by atoms with Crippen LogP contribution in [0.1, 0.15) is 72.6 Å². The third-order valence-electron chi connectivity index (χ3n) is 8.83. The van der Waals surface area contributed by atoms with Gasteiger partial charge in [0.1, 0.15) is 0 Å². The third kappa shape index (κ3) is 1.94. The van der Waals surface area contributed by atoms with Crippen molar-refractivity contribution in [2.75, 3.05) is 0 Å². The predicted octanol–water partition coefficient (Wildman–Crippen LogP) is 4.52. The Hall–Kier alpha value is -0.630. The third-order valence-corrected chi connectivity index (χ3v) is 8.83. The molecule has 4 rings (SSSR count). The maximum atomic E-state index is 12.2. The Morgan fingerprint density at radius 1 is 1.09 bits per heavy atom. The summed E-state index contributed by atoms with van der Waals surface area (Å²) in [6.07, 6.45) is 9.90. The Balaban J connectivity index is 1.70. The van der Waals surface area contributed by atoms with Crippen molar-refractivity contribution in [1.29, 1.82) is 0 Å². The number of hydrogen-bond acceptors (Lipinski definition) is 2. The number of carbonyl (C=O) groups is 1. The Bertz CT molecular complexity index is 574. The molecule has 4 aliphatic rings. The highest BCUT2D eigenvalue weighted by molar-refractivity contribution is 5.93. The molecule has 0 aliphatic heterocycles. The Morgan fingerprint density at radius 3 is 2.52 bits per heavy atom. The zero-order valence-electron chi connectivity index (χ0n) is 15.2. The second kappa shape index (κ2) is 4.71. The molecule has 0 unspecified atom stereocenters. The summed E-state index contributed by atoms with van der Waals surface area (Å²) in [6.45, 7) is 8.97. The molecule has 1 N–H and O–H groups in total. The maximum absolute atomic E-state index is 12.2. The van der Waals surface area contributed by atoms with E-state index in [2.05, 4.69) is 27.7 Å². The lowest BCUT2D eigenvalue weighted by Crippen LogP contribution is -2.54. The van der Waals surface area contributed by atoms with Gasteiger partial charge in [-0.05, 0) is 86.5 Å². The monoisotopic (exact) mass is 316 g/mol. The van der Waals surface area contributed by atoms with E-state index >= 15 is 0 Å². The second-order valence-corrected chi connectivity index (χ2v) is 9.78. The van der Waals surface area contributed by atoms with Gasteiger partial charge in [-0.2, -0.15) is 0 Å². The van der Waals surface area contributed by atoms with Gasteiger partial charge in [0, 0.05) is 5.92 Å². The summed E-state index contributed by atoms with van der Waals surface area (Å²) in [5.41, 5.74) is 1.28. The first-order chi connectivity index (χ1) is 10.7. The number of carbonyl (C=O) groups excluding carboxylic acids is 1. The van der Waals surface area contributed by atoms with E-state index in [-0.39, 0.29) is 16.7 Å². The van der Waals surface area contributed by atoms with Crippen LogP contribution in [0.2, 0.25) is 0 Å². The molecule has 3 fully saturated rings. The van der Waals surface area contributed by atoms with Crippen molar-refractivity contribution < 1.29 is 9.90 Å². The topological polar surface area (TPSA) is 37.3 Å². The van der Waals surface area contributed by atoms with Crippen LogP contribution < -0.4 is 0 Å². The fourth-order valence-corrected chi connectivity index (χ4v) is 7.14. The van der Waals surface area contributed by atoms with Crippen molar-refractivity contribution in [3.05, 3.63) is 11.6 Å². The van der Waals surface area contributed by atoms with Crippen LogP contribution in [0.15, 0.2) is 11.6 Å². The molecule has 4 aliphatic carbocycles. The molecule has 0 saturated heterocycles. The number of rotatable bonds is 0. The van der Waals surface area contributed by atoms with Gasteiger partial charge in [-0.15, -0.1) is 0 Å². The van der Waals surface area contributed by atoms with Crippen molar-refractivity contribution in [3.8, 4) is 0 Å². The lowest BCUT2D eigenvalue weighted by molar-refractivity contribution is -0.128. The maximum Gasteiger partial charge on any atom is 0.158 e. The average Bonchev–Trinajstić information content (AvgIpc) is 2.71. The summed E-state index contributed by atoms with van der Waals surface area (Å²) in [7, 11) is 0. The van der Waals surface area contributed by atoms with E-state index in [1.165, 1.54) is 24.8 Å². The molecule has 0 aromatic heterocycles. The summed E-state index contributed by atoms with van der Waals surface area (Å²) in [5.74, 6) is 2.65. The van der Waals surface area contributed by atoms with E-state index in [1.807, 2.05) is 6.08 Å². The molecule has 0 spiro atoms. The molecule has 0 radical (unpaired) electrons. The standard InChI is InChI=1S/C21H32O2/c1-13-12-19(2)14(11-18(13)22)5-6-15-16(19)7-9-20(3)17(15)8-10-21(20,4)23/h11,13,15-17,23H,5-10,12H2,1-4H3/t13-,15-,16+,17-,19+,20-,21+/m1/s1. The van der Waals surface area contributed by atoms with Gasteiger partial charge in [0.25, 0.3) is 0 Å². The van der Waals surface area contributed by atoms with Crippen molar-refractivity contribution >= 4 is 5.78 Å². The second-order valence-electron chi connectivity index (χ2n) is 9.78. The fourth-order valence-electron chi connectivity index (χ4n) is 7.14. The molecular weight excluding hydrogens is 284 g/mol. The smallest absolute Gasteiger partial charge is 0.158 e. The van der Waals surface area contributed by atoms with Crippen LogP contribution in [0.25, 0.3) is 0 Å². The number of allylic oxidation sites excluding steroid dienone is 1. The molecule has 0 heterocycles. The molecule has 3 saturated carbocycles. The highest BCUT2D eigenvalue weighted by Crippen LogP contribution is 2.67. The highest BCUT2D eigenvalue weighted by atomic mass is 16.3. The van der Waals surface area contributed by atoms with Crippen LogP contribution >= 0.6 is 0 Å². The largest absolute Gasteiger partial charge is 0.390 e. The van der Waals surface area contributed by atoms with Crippen molar-refractivity contribution in [2.45, 2.75) is 78.2 Å². The molecule has 2 nitrogen and oxygen atoms in total.